The summed E-state index contributed by atoms with van der Waals surface area (Å²) in [5, 5.41) is 0. The zero-order chi connectivity index (χ0) is 11.3. The van der Waals surface area contributed by atoms with Crippen molar-refractivity contribution in [2.45, 2.75) is 31.6 Å². The van der Waals surface area contributed by atoms with Crippen LogP contribution in [-0.2, 0) is 0 Å². The fraction of sp³-hybridized carbons (Fsp3) is 0.500. The molecule has 0 fully saturated rings. The van der Waals surface area contributed by atoms with Crippen LogP contribution in [0.5, 0.6) is 0 Å². The molecule has 0 saturated heterocycles. The van der Waals surface area contributed by atoms with Crippen molar-refractivity contribution < 1.29 is 0 Å². The van der Waals surface area contributed by atoms with Crippen molar-refractivity contribution in [3.8, 4) is 0 Å². The Morgan fingerprint density at radius 1 is 1.33 bits per heavy atom. The summed E-state index contributed by atoms with van der Waals surface area (Å²) in [6.45, 7) is 4.50. The molecule has 0 amide bonds. The fourth-order valence-electron chi connectivity index (χ4n) is 1.37. The van der Waals surface area contributed by atoms with E-state index < -0.39 is 0 Å². The van der Waals surface area contributed by atoms with Crippen LogP contribution in [0.4, 0.5) is 5.69 Å². The average molecular weight is 288 g/mol. The van der Waals surface area contributed by atoms with Crippen molar-refractivity contribution in [1.82, 2.24) is 0 Å². The summed E-state index contributed by atoms with van der Waals surface area (Å²) < 4.78 is 1.10. The van der Waals surface area contributed by atoms with Crippen LogP contribution in [-0.4, -0.2) is 5.75 Å². The third kappa shape index (κ3) is 4.07. The van der Waals surface area contributed by atoms with Crippen molar-refractivity contribution in [2.75, 3.05) is 11.5 Å². The van der Waals surface area contributed by atoms with Gasteiger partial charge >= 0.3 is 0 Å². The third-order valence-electron chi connectivity index (χ3n) is 2.60. The van der Waals surface area contributed by atoms with Gasteiger partial charge in [-0.3, -0.25) is 0 Å². The summed E-state index contributed by atoms with van der Waals surface area (Å²) in [5.41, 5.74) is 6.80. The van der Waals surface area contributed by atoms with Gasteiger partial charge < -0.3 is 5.73 Å². The van der Waals surface area contributed by atoms with Crippen LogP contribution in [0.2, 0.25) is 0 Å². The molecule has 0 spiro atoms. The van der Waals surface area contributed by atoms with Gasteiger partial charge in [0.15, 0.2) is 0 Å². The molecular weight excluding hydrogens is 270 g/mol. The molecule has 2 N–H and O–H groups in total. The number of thioether (sulfide) groups is 1. The molecule has 0 bridgehead atoms. The van der Waals surface area contributed by atoms with E-state index in [9.17, 15) is 0 Å². The monoisotopic (exact) mass is 287 g/mol. The number of anilines is 1. The van der Waals surface area contributed by atoms with Crippen LogP contribution in [0.25, 0.3) is 0 Å². The molecule has 3 heteroatoms. The lowest BCUT2D eigenvalue weighted by molar-refractivity contribution is 0.554. The SMILES string of the molecule is CCC(CC)CSc1cc(Br)ccc1N. The molecule has 0 unspecified atom stereocenters. The molecule has 0 heterocycles. The highest BCUT2D eigenvalue weighted by Crippen LogP contribution is 2.30. The molecule has 0 aliphatic heterocycles. The molecule has 0 aliphatic rings. The normalized spacial score (nSPS) is 10.9. The molecule has 0 saturated carbocycles. The predicted octanol–water partition coefficient (Wildman–Crippen LogP) is 4.56. The van der Waals surface area contributed by atoms with Gasteiger partial charge in [-0.05, 0) is 24.1 Å². The largest absolute Gasteiger partial charge is 0.398 e. The van der Waals surface area contributed by atoms with Gasteiger partial charge in [-0.1, -0.05) is 42.6 Å². The highest BCUT2D eigenvalue weighted by atomic mass is 79.9. The molecule has 1 nitrogen and oxygen atoms in total. The van der Waals surface area contributed by atoms with Crippen molar-refractivity contribution in [3.63, 3.8) is 0 Å². The molecule has 1 aromatic rings. The number of halogens is 1. The molecule has 0 atom stereocenters. The van der Waals surface area contributed by atoms with Gasteiger partial charge in [0.2, 0.25) is 0 Å². The topological polar surface area (TPSA) is 26.0 Å². The van der Waals surface area contributed by atoms with E-state index in [1.54, 1.807) is 0 Å². The minimum Gasteiger partial charge on any atom is -0.398 e. The number of hydrogen-bond donors (Lipinski definition) is 1. The van der Waals surface area contributed by atoms with Crippen LogP contribution in [0.3, 0.4) is 0 Å². The minimum atomic E-state index is 0.799. The van der Waals surface area contributed by atoms with E-state index in [0.29, 0.717) is 0 Å². The first-order valence-corrected chi connectivity index (χ1v) is 7.13. The molecule has 84 valence electrons. The van der Waals surface area contributed by atoms with Crippen molar-refractivity contribution in [2.24, 2.45) is 5.92 Å². The number of nitrogens with two attached hydrogens (primary N) is 1. The highest BCUT2D eigenvalue weighted by molar-refractivity contribution is 9.10. The fourth-order valence-corrected chi connectivity index (χ4v) is 3.21. The van der Waals surface area contributed by atoms with Gasteiger partial charge in [0.1, 0.15) is 0 Å². The van der Waals surface area contributed by atoms with Gasteiger partial charge in [-0.2, -0.15) is 0 Å². The Labute approximate surface area is 105 Å². The molecule has 1 aromatic carbocycles. The van der Waals surface area contributed by atoms with Crippen molar-refractivity contribution >= 4 is 33.4 Å². The Morgan fingerprint density at radius 3 is 2.60 bits per heavy atom. The Morgan fingerprint density at radius 2 is 2.00 bits per heavy atom. The van der Waals surface area contributed by atoms with Crippen molar-refractivity contribution in [1.29, 1.82) is 0 Å². The molecule has 1 rings (SSSR count). The first-order valence-electron chi connectivity index (χ1n) is 5.35. The maximum atomic E-state index is 5.92. The lowest BCUT2D eigenvalue weighted by Crippen LogP contribution is -2.00. The number of nitrogen functional groups attached to an aromatic ring is 1. The minimum absolute atomic E-state index is 0.799. The summed E-state index contributed by atoms with van der Waals surface area (Å²) >= 11 is 5.33. The van der Waals surface area contributed by atoms with Crippen LogP contribution < -0.4 is 5.73 Å². The van der Waals surface area contributed by atoms with E-state index in [1.807, 2.05) is 23.9 Å². The zero-order valence-electron chi connectivity index (χ0n) is 9.29. The van der Waals surface area contributed by atoms with E-state index in [4.69, 9.17) is 5.73 Å². The molecule has 15 heavy (non-hydrogen) atoms. The maximum Gasteiger partial charge on any atom is 0.0453 e. The quantitative estimate of drug-likeness (QED) is 0.635. The van der Waals surface area contributed by atoms with Gasteiger partial charge in [-0.25, -0.2) is 0 Å². The number of benzene rings is 1. The average Bonchev–Trinajstić information content (AvgIpc) is 2.24. The first kappa shape index (κ1) is 12.9. The predicted molar refractivity (Wildman–Crippen MR) is 73.4 cm³/mol. The van der Waals surface area contributed by atoms with Gasteiger partial charge in [0.05, 0.1) is 0 Å². The maximum absolute atomic E-state index is 5.92. The summed E-state index contributed by atoms with van der Waals surface area (Å²) in [7, 11) is 0. The Balaban J connectivity index is 2.60. The third-order valence-corrected chi connectivity index (χ3v) is 4.40. The van der Waals surface area contributed by atoms with Crippen LogP contribution in [0.15, 0.2) is 27.6 Å². The summed E-state index contributed by atoms with van der Waals surface area (Å²) in [5.74, 6) is 1.96. The Bertz CT molecular complexity index is 310. The molecule has 0 radical (unpaired) electrons. The summed E-state index contributed by atoms with van der Waals surface area (Å²) in [4.78, 5) is 1.19. The molecule has 0 aromatic heterocycles. The van der Waals surface area contributed by atoms with E-state index in [0.717, 1.165) is 21.8 Å². The van der Waals surface area contributed by atoms with E-state index in [-0.39, 0.29) is 0 Å². The van der Waals surface area contributed by atoms with Crippen LogP contribution in [0, 0.1) is 5.92 Å². The first-order chi connectivity index (χ1) is 7.17. The molecule has 0 aliphatic carbocycles. The summed E-state index contributed by atoms with van der Waals surface area (Å²) in [6, 6.07) is 6.04. The zero-order valence-corrected chi connectivity index (χ0v) is 11.7. The van der Waals surface area contributed by atoms with Crippen LogP contribution >= 0.6 is 27.7 Å². The van der Waals surface area contributed by atoms with E-state index in [2.05, 4.69) is 35.8 Å². The lowest BCUT2D eigenvalue weighted by atomic mass is 10.1. The Hall–Kier alpha value is -0.150. The van der Waals surface area contributed by atoms with Crippen molar-refractivity contribution in [3.05, 3.63) is 22.7 Å². The summed E-state index contributed by atoms with van der Waals surface area (Å²) in [6.07, 6.45) is 2.49. The second kappa shape index (κ2) is 6.44. The van der Waals surface area contributed by atoms with Gasteiger partial charge in [0.25, 0.3) is 0 Å². The van der Waals surface area contributed by atoms with E-state index >= 15 is 0 Å². The van der Waals surface area contributed by atoms with E-state index in [1.165, 1.54) is 17.7 Å². The number of hydrogen-bond acceptors (Lipinski definition) is 2. The number of rotatable bonds is 5. The lowest BCUT2D eigenvalue weighted by Gasteiger charge is -2.12. The highest BCUT2D eigenvalue weighted by Gasteiger charge is 2.06. The van der Waals surface area contributed by atoms with Crippen LogP contribution in [0.1, 0.15) is 26.7 Å². The Kier molecular flexibility index (Phi) is 5.54. The van der Waals surface area contributed by atoms with Gasteiger partial charge in [-0.15, -0.1) is 11.8 Å². The smallest absolute Gasteiger partial charge is 0.0453 e. The second-order valence-corrected chi connectivity index (χ2v) is 5.65. The second-order valence-electron chi connectivity index (χ2n) is 3.68. The standard InChI is InChI=1S/C12H18BrNS/c1-3-9(4-2)8-15-12-7-10(13)5-6-11(12)14/h5-7,9H,3-4,8,14H2,1-2H3. The molecular formula is C12H18BrNS. The van der Waals surface area contributed by atoms with Gasteiger partial charge in [0, 0.05) is 20.8 Å².